The fraction of sp³-hybridized carbons (Fsp3) is 0.273. The molecule has 0 heterocycles. The molecule has 0 unspecified atom stereocenters. The molecule has 0 atom stereocenters. The molecule has 0 saturated carbocycles. The van der Waals surface area contributed by atoms with Gasteiger partial charge in [0.1, 0.15) is 10.6 Å². The Morgan fingerprint density at radius 3 is 2.05 bits per heavy atom. The lowest BCUT2D eigenvalue weighted by molar-refractivity contribution is 0.266. The SMILES string of the molecule is C=C(C)SOCCOSc1c(F)c(F)c(N)c(F)c1F. The minimum Gasteiger partial charge on any atom is -0.394 e. The molecular formula is C11H11F4NO2S2. The highest BCUT2D eigenvalue weighted by Crippen LogP contribution is 2.33. The number of anilines is 1. The van der Waals surface area contributed by atoms with Crippen LogP contribution in [-0.4, -0.2) is 13.2 Å². The fourth-order valence-corrected chi connectivity index (χ4v) is 1.96. The van der Waals surface area contributed by atoms with E-state index in [9.17, 15) is 17.6 Å². The van der Waals surface area contributed by atoms with E-state index in [0.29, 0.717) is 0 Å². The molecule has 1 aromatic rings. The van der Waals surface area contributed by atoms with Crippen molar-refractivity contribution in [3.8, 4) is 0 Å². The molecule has 0 aliphatic carbocycles. The Morgan fingerprint density at radius 1 is 1.05 bits per heavy atom. The molecule has 1 rings (SSSR count). The highest BCUT2D eigenvalue weighted by atomic mass is 32.2. The minimum absolute atomic E-state index is 0.0442. The zero-order chi connectivity index (χ0) is 15.3. The van der Waals surface area contributed by atoms with Gasteiger partial charge in [0, 0.05) is 29.0 Å². The van der Waals surface area contributed by atoms with Gasteiger partial charge in [-0.25, -0.2) is 17.6 Å². The average molecular weight is 329 g/mol. The van der Waals surface area contributed by atoms with Crippen molar-refractivity contribution in [3.05, 3.63) is 34.8 Å². The lowest BCUT2D eigenvalue weighted by Gasteiger charge is -2.08. The van der Waals surface area contributed by atoms with Crippen molar-refractivity contribution in [1.82, 2.24) is 0 Å². The summed E-state index contributed by atoms with van der Waals surface area (Å²) in [6.07, 6.45) is 0. The third kappa shape index (κ3) is 4.30. The maximum atomic E-state index is 13.4. The second kappa shape index (κ2) is 7.77. The zero-order valence-corrected chi connectivity index (χ0v) is 12.0. The Balaban J connectivity index is 2.59. The van der Waals surface area contributed by atoms with Crippen LogP contribution < -0.4 is 5.73 Å². The summed E-state index contributed by atoms with van der Waals surface area (Å²) in [5.74, 6) is -6.49. The third-order valence-corrected chi connectivity index (χ3v) is 3.23. The van der Waals surface area contributed by atoms with E-state index in [4.69, 9.17) is 14.1 Å². The van der Waals surface area contributed by atoms with Crippen molar-refractivity contribution in [3.63, 3.8) is 0 Å². The molecule has 112 valence electrons. The quantitative estimate of drug-likeness (QED) is 0.269. The Labute approximate surface area is 121 Å². The average Bonchev–Trinajstić information content (AvgIpc) is 2.41. The second-order valence-corrected chi connectivity index (χ2v) is 5.42. The number of rotatable bonds is 7. The summed E-state index contributed by atoms with van der Waals surface area (Å²) >= 11 is 1.19. The summed E-state index contributed by atoms with van der Waals surface area (Å²) in [6, 6.07) is 0. The van der Waals surface area contributed by atoms with Crippen LogP contribution in [0.1, 0.15) is 6.92 Å². The monoisotopic (exact) mass is 329 g/mol. The largest absolute Gasteiger partial charge is 0.394 e. The predicted octanol–water partition coefficient (Wildman–Crippen LogP) is 4.05. The molecule has 0 aromatic heterocycles. The summed E-state index contributed by atoms with van der Waals surface area (Å²) in [4.78, 5) is -0.209. The normalized spacial score (nSPS) is 10.8. The van der Waals surface area contributed by atoms with Crippen LogP contribution in [0.4, 0.5) is 23.2 Å². The lowest BCUT2D eigenvalue weighted by Crippen LogP contribution is -2.05. The molecule has 0 aliphatic heterocycles. The van der Waals surface area contributed by atoms with Gasteiger partial charge >= 0.3 is 0 Å². The molecule has 0 radical (unpaired) electrons. The van der Waals surface area contributed by atoms with Crippen molar-refractivity contribution >= 4 is 29.8 Å². The fourth-order valence-electron chi connectivity index (χ4n) is 1.01. The molecule has 9 heteroatoms. The first-order chi connectivity index (χ1) is 9.36. The number of nitrogen functional groups attached to an aromatic ring is 1. The molecule has 0 spiro atoms. The summed E-state index contributed by atoms with van der Waals surface area (Å²) < 4.78 is 62.8. The standard InChI is InChI=1S/C11H11F4NO2S2/c1-5(2)19-17-3-4-18-20-11-8(14)6(12)10(16)7(13)9(11)15/h1,3-4,16H2,2H3. The van der Waals surface area contributed by atoms with E-state index in [1.165, 1.54) is 0 Å². The van der Waals surface area contributed by atoms with Gasteiger partial charge in [-0.3, -0.25) is 0 Å². The third-order valence-electron chi connectivity index (χ3n) is 1.85. The molecule has 0 fully saturated rings. The van der Waals surface area contributed by atoms with Crippen LogP contribution in [0.3, 0.4) is 0 Å². The van der Waals surface area contributed by atoms with E-state index in [-0.39, 0.29) is 25.3 Å². The van der Waals surface area contributed by atoms with Crippen LogP contribution in [-0.2, 0) is 8.37 Å². The predicted molar refractivity (Wildman–Crippen MR) is 70.9 cm³/mol. The highest BCUT2D eigenvalue weighted by Gasteiger charge is 2.24. The first-order valence-electron chi connectivity index (χ1n) is 5.22. The van der Waals surface area contributed by atoms with E-state index in [1.807, 2.05) is 0 Å². The van der Waals surface area contributed by atoms with Gasteiger partial charge in [-0.2, -0.15) is 0 Å². The highest BCUT2D eigenvalue weighted by molar-refractivity contribution is 7.98. The lowest BCUT2D eigenvalue weighted by atomic mass is 10.2. The van der Waals surface area contributed by atoms with E-state index in [0.717, 1.165) is 16.9 Å². The zero-order valence-electron chi connectivity index (χ0n) is 10.3. The molecular weight excluding hydrogens is 318 g/mol. The van der Waals surface area contributed by atoms with Crippen LogP contribution in [0.2, 0.25) is 0 Å². The van der Waals surface area contributed by atoms with Gasteiger partial charge < -0.3 is 14.1 Å². The number of hydrogen-bond acceptors (Lipinski definition) is 5. The number of benzene rings is 1. The van der Waals surface area contributed by atoms with Crippen LogP contribution >= 0.6 is 24.1 Å². The first-order valence-corrected chi connectivity index (χ1v) is 6.70. The van der Waals surface area contributed by atoms with Crippen LogP contribution in [0, 0.1) is 23.3 Å². The van der Waals surface area contributed by atoms with Crippen molar-refractivity contribution in [2.45, 2.75) is 11.8 Å². The van der Waals surface area contributed by atoms with Gasteiger partial charge in [-0.05, 0) is 6.92 Å². The van der Waals surface area contributed by atoms with Crippen LogP contribution in [0.15, 0.2) is 16.4 Å². The van der Waals surface area contributed by atoms with E-state index < -0.39 is 33.9 Å². The number of nitrogens with two attached hydrogens (primary N) is 1. The van der Waals surface area contributed by atoms with Gasteiger partial charge in [-0.1, -0.05) is 6.58 Å². The number of allylic oxidation sites excluding steroid dienone is 1. The Bertz CT molecular complexity index is 485. The molecule has 0 amide bonds. The van der Waals surface area contributed by atoms with Crippen molar-refractivity contribution in [2.75, 3.05) is 18.9 Å². The molecule has 2 N–H and O–H groups in total. The van der Waals surface area contributed by atoms with Gasteiger partial charge in [-0.15, -0.1) is 0 Å². The molecule has 1 aromatic carbocycles. The van der Waals surface area contributed by atoms with E-state index in [2.05, 4.69) is 6.58 Å². The van der Waals surface area contributed by atoms with Gasteiger partial charge in [0.15, 0.2) is 23.3 Å². The summed E-state index contributed by atoms with van der Waals surface area (Å²) in [5, 5.41) is 0. The molecule has 0 saturated heterocycles. The molecule has 3 nitrogen and oxygen atoms in total. The Kier molecular flexibility index (Phi) is 6.66. The smallest absolute Gasteiger partial charge is 0.186 e. The van der Waals surface area contributed by atoms with Crippen LogP contribution in [0.25, 0.3) is 0 Å². The van der Waals surface area contributed by atoms with Gasteiger partial charge in [0.2, 0.25) is 0 Å². The molecule has 0 aliphatic rings. The van der Waals surface area contributed by atoms with Crippen molar-refractivity contribution in [2.24, 2.45) is 0 Å². The topological polar surface area (TPSA) is 44.5 Å². The van der Waals surface area contributed by atoms with E-state index >= 15 is 0 Å². The van der Waals surface area contributed by atoms with Crippen LogP contribution in [0.5, 0.6) is 0 Å². The maximum Gasteiger partial charge on any atom is 0.186 e. The van der Waals surface area contributed by atoms with Gasteiger partial charge in [0.25, 0.3) is 0 Å². The molecule has 20 heavy (non-hydrogen) atoms. The number of halogens is 4. The summed E-state index contributed by atoms with van der Waals surface area (Å²) in [7, 11) is 0. The molecule has 0 bridgehead atoms. The van der Waals surface area contributed by atoms with Gasteiger partial charge in [0.05, 0.1) is 13.2 Å². The maximum absolute atomic E-state index is 13.4. The van der Waals surface area contributed by atoms with Crippen molar-refractivity contribution < 1.29 is 25.9 Å². The van der Waals surface area contributed by atoms with E-state index in [1.54, 1.807) is 6.92 Å². The Morgan fingerprint density at radius 2 is 1.55 bits per heavy atom. The first kappa shape index (κ1) is 17.2. The summed E-state index contributed by atoms with van der Waals surface area (Å²) in [6.45, 7) is 5.36. The Hall–Kier alpha value is -0.900. The van der Waals surface area contributed by atoms with Crippen molar-refractivity contribution in [1.29, 1.82) is 0 Å². The summed E-state index contributed by atoms with van der Waals surface area (Å²) in [5.41, 5.74) is 3.66. The minimum atomic E-state index is -1.65. The number of hydrogen-bond donors (Lipinski definition) is 1. The second-order valence-electron chi connectivity index (χ2n) is 3.51.